The Balaban J connectivity index is 2.18. The number of sulfonamides is 1. The molecule has 0 saturated heterocycles. The zero-order valence-electron chi connectivity index (χ0n) is 25.6. The minimum absolute atomic E-state index is 0.00711. The minimum Gasteiger partial charge on any atom is -0.495 e. The van der Waals surface area contributed by atoms with Crippen LogP contribution in [-0.2, 0) is 26.2 Å². The van der Waals surface area contributed by atoms with E-state index in [1.807, 2.05) is 34.6 Å². The number of halogens is 2. The molecule has 0 bridgehead atoms. The van der Waals surface area contributed by atoms with Crippen LogP contribution in [0.1, 0.15) is 50.8 Å². The van der Waals surface area contributed by atoms with Crippen molar-refractivity contribution in [1.29, 1.82) is 0 Å². The lowest BCUT2D eigenvalue weighted by Gasteiger charge is -2.35. The minimum atomic E-state index is -4.27. The van der Waals surface area contributed by atoms with Crippen LogP contribution in [0.15, 0.2) is 65.6 Å². The van der Waals surface area contributed by atoms with Crippen LogP contribution in [0.4, 0.5) is 5.69 Å². The van der Waals surface area contributed by atoms with Gasteiger partial charge in [0.05, 0.1) is 17.7 Å². The van der Waals surface area contributed by atoms with E-state index in [4.69, 9.17) is 27.9 Å². The van der Waals surface area contributed by atoms with Crippen LogP contribution in [0, 0.1) is 13.8 Å². The summed E-state index contributed by atoms with van der Waals surface area (Å²) >= 11 is 13.0. The first-order chi connectivity index (χ1) is 20.1. The maximum Gasteiger partial charge on any atom is 0.264 e. The Hall–Kier alpha value is -3.27. The largest absolute Gasteiger partial charge is 0.495 e. The van der Waals surface area contributed by atoms with Gasteiger partial charge in [0, 0.05) is 27.7 Å². The molecule has 0 aliphatic carbocycles. The molecule has 0 spiro atoms. The lowest BCUT2D eigenvalue weighted by Crippen LogP contribution is -2.55. The number of aryl methyl sites for hydroxylation is 2. The molecule has 43 heavy (non-hydrogen) atoms. The monoisotopic (exact) mass is 647 g/mol. The Morgan fingerprint density at radius 3 is 2.07 bits per heavy atom. The van der Waals surface area contributed by atoms with E-state index in [-0.39, 0.29) is 35.2 Å². The van der Waals surface area contributed by atoms with E-state index < -0.39 is 34.1 Å². The topological polar surface area (TPSA) is 96.0 Å². The highest BCUT2D eigenvalue weighted by molar-refractivity contribution is 7.92. The molecular formula is C32H39Cl2N3O5S. The van der Waals surface area contributed by atoms with Crippen LogP contribution in [0.5, 0.6) is 5.75 Å². The molecule has 0 aromatic heterocycles. The van der Waals surface area contributed by atoms with Crippen molar-refractivity contribution in [3.05, 3.63) is 87.4 Å². The van der Waals surface area contributed by atoms with Crippen LogP contribution >= 0.6 is 23.2 Å². The van der Waals surface area contributed by atoms with Gasteiger partial charge in [0.1, 0.15) is 18.3 Å². The van der Waals surface area contributed by atoms with Gasteiger partial charge in [-0.15, -0.1) is 0 Å². The first-order valence-corrected chi connectivity index (χ1v) is 16.1. The highest BCUT2D eigenvalue weighted by Gasteiger charge is 2.36. The lowest BCUT2D eigenvalue weighted by molar-refractivity contribution is -0.141. The number of ether oxygens (including phenoxy) is 1. The molecule has 0 radical (unpaired) electrons. The summed E-state index contributed by atoms with van der Waals surface area (Å²) in [4.78, 5) is 29.2. The van der Waals surface area contributed by atoms with Crippen LogP contribution in [0.2, 0.25) is 10.0 Å². The van der Waals surface area contributed by atoms with Crippen LogP contribution in [-0.4, -0.2) is 50.4 Å². The highest BCUT2D eigenvalue weighted by atomic mass is 35.5. The number of carbonyl (C=O) groups is 2. The van der Waals surface area contributed by atoms with Gasteiger partial charge in [-0.3, -0.25) is 13.9 Å². The number of nitrogens with one attached hydrogen (secondary N) is 1. The average molecular weight is 649 g/mol. The first kappa shape index (κ1) is 34.2. The van der Waals surface area contributed by atoms with Crippen molar-refractivity contribution in [2.24, 2.45) is 0 Å². The smallest absolute Gasteiger partial charge is 0.264 e. The fourth-order valence-corrected chi connectivity index (χ4v) is 6.51. The number of hydrogen-bond acceptors (Lipinski definition) is 5. The van der Waals surface area contributed by atoms with Crippen molar-refractivity contribution in [3.63, 3.8) is 0 Å². The highest BCUT2D eigenvalue weighted by Crippen LogP contribution is 2.34. The molecule has 232 valence electrons. The quantitative estimate of drug-likeness (QED) is 0.255. The van der Waals surface area contributed by atoms with E-state index in [9.17, 15) is 18.0 Å². The molecule has 3 aromatic carbocycles. The van der Waals surface area contributed by atoms with Gasteiger partial charge in [-0.2, -0.15) is 0 Å². The van der Waals surface area contributed by atoms with Crippen LogP contribution in [0.3, 0.4) is 0 Å². The summed E-state index contributed by atoms with van der Waals surface area (Å²) in [5.74, 6) is -0.731. The Morgan fingerprint density at radius 2 is 1.53 bits per heavy atom. The van der Waals surface area contributed by atoms with E-state index in [0.29, 0.717) is 15.6 Å². The Labute approximate surface area is 265 Å². The van der Waals surface area contributed by atoms with E-state index in [1.165, 1.54) is 24.1 Å². The Morgan fingerprint density at radius 1 is 0.953 bits per heavy atom. The molecule has 0 aliphatic rings. The van der Waals surface area contributed by atoms with Gasteiger partial charge < -0.3 is 15.0 Å². The average Bonchev–Trinajstić information content (AvgIpc) is 2.92. The second kappa shape index (κ2) is 14.0. The molecule has 3 rings (SSSR count). The number of hydrogen-bond donors (Lipinski definition) is 1. The van der Waals surface area contributed by atoms with Crippen molar-refractivity contribution in [3.8, 4) is 5.75 Å². The number of anilines is 1. The molecule has 1 atom stereocenters. The normalized spacial score (nSPS) is 12.4. The summed E-state index contributed by atoms with van der Waals surface area (Å²) in [6, 6.07) is 15.5. The Kier molecular flexibility index (Phi) is 11.2. The molecule has 0 fully saturated rings. The molecule has 0 unspecified atom stereocenters. The standard InChI is InChI=1S/C32H39Cl2N3O5S/c1-8-27(31(39)35-32(4,5)6)36(19-24-25(33)10-9-11-26(24)34)30(38)20-37(28-18-22(3)14-17-29(28)42-7)43(40,41)23-15-12-21(2)13-16-23/h9-18,27H,8,19-20H2,1-7H3,(H,35,39)/t27-/m0/s1. The number of amides is 2. The van der Waals surface area contributed by atoms with Gasteiger partial charge in [0.15, 0.2) is 0 Å². The summed E-state index contributed by atoms with van der Waals surface area (Å²) in [5, 5.41) is 3.58. The summed E-state index contributed by atoms with van der Waals surface area (Å²) < 4.78 is 34.9. The molecule has 0 aliphatic heterocycles. The fraction of sp³-hybridized carbons (Fsp3) is 0.375. The second-order valence-corrected chi connectivity index (χ2v) is 14.1. The zero-order chi connectivity index (χ0) is 32.1. The molecule has 0 saturated carbocycles. The number of benzene rings is 3. The maximum absolute atomic E-state index is 14.4. The van der Waals surface area contributed by atoms with Gasteiger partial charge >= 0.3 is 0 Å². The summed E-state index contributed by atoms with van der Waals surface area (Å²) in [5.41, 5.74) is 1.72. The summed E-state index contributed by atoms with van der Waals surface area (Å²) in [6.45, 7) is 10.3. The van der Waals surface area contributed by atoms with Crippen molar-refractivity contribution < 1.29 is 22.7 Å². The van der Waals surface area contributed by atoms with Crippen molar-refractivity contribution in [2.75, 3.05) is 18.0 Å². The van der Waals surface area contributed by atoms with Gasteiger partial charge in [-0.1, -0.05) is 60.0 Å². The molecule has 0 heterocycles. The first-order valence-electron chi connectivity index (χ1n) is 13.9. The third-order valence-corrected chi connectivity index (χ3v) is 9.25. The second-order valence-electron chi connectivity index (χ2n) is 11.4. The molecule has 3 aromatic rings. The van der Waals surface area contributed by atoms with E-state index in [0.717, 1.165) is 15.4 Å². The number of methoxy groups -OCH3 is 1. The van der Waals surface area contributed by atoms with Crippen LogP contribution < -0.4 is 14.4 Å². The van der Waals surface area contributed by atoms with Crippen molar-refractivity contribution in [2.45, 2.75) is 71.0 Å². The van der Waals surface area contributed by atoms with E-state index in [2.05, 4.69) is 5.32 Å². The van der Waals surface area contributed by atoms with Gasteiger partial charge in [0.25, 0.3) is 10.0 Å². The SMILES string of the molecule is CC[C@@H](C(=O)NC(C)(C)C)N(Cc1c(Cl)cccc1Cl)C(=O)CN(c1cc(C)ccc1OC)S(=O)(=O)c1ccc(C)cc1. The van der Waals surface area contributed by atoms with Crippen molar-refractivity contribution in [1.82, 2.24) is 10.2 Å². The van der Waals surface area contributed by atoms with Gasteiger partial charge in [-0.05, 0) is 83.0 Å². The molecule has 8 nitrogen and oxygen atoms in total. The molecule has 11 heteroatoms. The Bertz CT molecular complexity index is 1550. The molecule has 2 amide bonds. The number of nitrogens with zero attached hydrogens (tertiary/aromatic N) is 2. The zero-order valence-corrected chi connectivity index (χ0v) is 27.9. The van der Waals surface area contributed by atoms with E-state index >= 15 is 0 Å². The summed E-state index contributed by atoms with van der Waals surface area (Å²) in [7, 11) is -2.83. The lowest BCUT2D eigenvalue weighted by atomic mass is 10.1. The molecular weight excluding hydrogens is 609 g/mol. The maximum atomic E-state index is 14.4. The van der Waals surface area contributed by atoms with Gasteiger partial charge in [0.2, 0.25) is 11.8 Å². The predicted octanol–water partition coefficient (Wildman–Crippen LogP) is 6.54. The fourth-order valence-electron chi connectivity index (χ4n) is 4.57. The number of rotatable bonds is 11. The predicted molar refractivity (Wildman–Crippen MR) is 172 cm³/mol. The van der Waals surface area contributed by atoms with Gasteiger partial charge in [-0.25, -0.2) is 8.42 Å². The van der Waals surface area contributed by atoms with Crippen molar-refractivity contribution >= 4 is 50.7 Å². The third-order valence-electron chi connectivity index (χ3n) is 6.77. The van der Waals surface area contributed by atoms with E-state index in [1.54, 1.807) is 55.5 Å². The van der Waals surface area contributed by atoms with Crippen LogP contribution in [0.25, 0.3) is 0 Å². The molecule has 1 N–H and O–H groups in total. The number of carbonyl (C=O) groups excluding carboxylic acids is 2. The summed E-state index contributed by atoms with van der Waals surface area (Å²) in [6.07, 6.45) is 0.258. The third kappa shape index (κ3) is 8.43.